The van der Waals surface area contributed by atoms with E-state index in [9.17, 15) is 19.2 Å². The number of ketones is 4. The summed E-state index contributed by atoms with van der Waals surface area (Å²) in [6.07, 6.45) is 0. The molecule has 0 radical (unpaired) electrons. The average molecular weight is 492 g/mol. The molecular formula is C28H20B4N2O4. The Bertz CT molecular complexity index is 1640. The normalized spacial score (nSPS) is 13.4. The van der Waals surface area contributed by atoms with Gasteiger partial charge in [0.25, 0.3) is 0 Å². The Hall–Kier alpha value is -4.58. The quantitative estimate of drug-likeness (QED) is 0.340. The highest BCUT2D eigenvalue weighted by molar-refractivity contribution is 6.45. The van der Waals surface area contributed by atoms with Crippen molar-refractivity contribution in [1.29, 1.82) is 0 Å². The summed E-state index contributed by atoms with van der Waals surface area (Å²) in [7, 11) is 7.28. The van der Waals surface area contributed by atoms with Crippen molar-refractivity contribution < 1.29 is 19.2 Å². The summed E-state index contributed by atoms with van der Waals surface area (Å²) in [5.74, 6) is -1.05. The maximum Gasteiger partial charge on any atom is 0.202 e. The van der Waals surface area contributed by atoms with Crippen molar-refractivity contribution in [1.82, 2.24) is 0 Å². The number of fused-ring (bicyclic) bond motifs is 4. The minimum Gasteiger partial charge on any atom is -0.472 e. The topological polar surface area (TPSA) is 74.8 Å². The first-order valence-electron chi connectivity index (χ1n) is 12.3. The Labute approximate surface area is 223 Å². The minimum absolute atomic E-state index is 0.243. The summed E-state index contributed by atoms with van der Waals surface area (Å²) in [6, 6.07) is 20.7. The molecule has 38 heavy (non-hydrogen) atoms. The summed E-state index contributed by atoms with van der Waals surface area (Å²) in [5.41, 5.74) is 4.62. The van der Waals surface area contributed by atoms with Crippen LogP contribution in [0, 0.1) is 0 Å². The number of carbonyl (C=O) groups is 4. The average Bonchev–Trinajstić information content (AvgIpc) is 2.93. The smallest absolute Gasteiger partial charge is 0.202 e. The number of anilines is 2. The van der Waals surface area contributed by atoms with Crippen LogP contribution in [0.5, 0.6) is 0 Å². The zero-order valence-corrected chi connectivity index (χ0v) is 21.5. The number of benzene rings is 4. The van der Waals surface area contributed by atoms with E-state index in [1.54, 1.807) is 82.2 Å². The maximum atomic E-state index is 14.0. The summed E-state index contributed by atoms with van der Waals surface area (Å²) < 4.78 is 3.61. The van der Waals surface area contributed by atoms with Crippen molar-refractivity contribution >= 4 is 66.4 Å². The molecule has 0 saturated heterocycles. The molecule has 0 aromatic heterocycles. The van der Waals surface area contributed by atoms with E-state index < -0.39 is 0 Å². The van der Waals surface area contributed by atoms with Crippen LogP contribution in [-0.2, 0) is 0 Å². The molecule has 4 aromatic carbocycles. The van der Waals surface area contributed by atoms with E-state index in [0.717, 1.165) is 0 Å². The molecule has 0 amide bonds. The first-order valence-corrected chi connectivity index (χ1v) is 12.3. The van der Waals surface area contributed by atoms with E-state index in [1.807, 2.05) is 31.9 Å². The van der Waals surface area contributed by atoms with Crippen LogP contribution >= 0.6 is 0 Å². The van der Waals surface area contributed by atoms with Crippen molar-refractivity contribution in [2.45, 2.75) is 0 Å². The van der Waals surface area contributed by atoms with Crippen molar-refractivity contribution in [3.63, 3.8) is 0 Å². The molecule has 10 heteroatoms. The van der Waals surface area contributed by atoms with Gasteiger partial charge in [-0.15, -0.1) is 0 Å². The third-order valence-corrected chi connectivity index (χ3v) is 7.36. The summed E-state index contributed by atoms with van der Waals surface area (Å²) in [5, 5.41) is 0. The Morgan fingerprint density at radius 1 is 0.368 bits per heavy atom. The first kappa shape index (κ1) is 23.8. The summed E-state index contributed by atoms with van der Waals surface area (Å²) in [6.45, 7) is 0. The maximum absolute atomic E-state index is 14.0. The summed E-state index contributed by atoms with van der Waals surface area (Å²) >= 11 is 0. The fraction of sp³-hybridized carbons (Fsp3) is 0. The molecule has 2 aliphatic rings. The highest BCUT2D eigenvalue weighted by Gasteiger charge is 2.38. The third-order valence-electron chi connectivity index (χ3n) is 7.36. The Balaban J connectivity index is 1.71. The molecule has 2 aliphatic carbocycles. The van der Waals surface area contributed by atoms with E-state index >= 15 is 0 Å². The van der Waals surface area contributed by atoms with Crippen molar-refractivity contribution in [3.05, 3.63) is 117 Å². The second-order valence-electron chi connectivity index (χ2n) is 9.96. The zero-order chi connectivity index (χ0) is 26.9. The van der Waals surface area contributed by atoms with Gasteiger partial charge in [0, 0.05) is 44.8 Å². The third kappa shape index (κ3) is 3.19. The molecule has 0 saturated carbocycles. The van der Waals surface area contributed by atoms with Crippen LogP contribution in [0.2, 0.25) is 0 Å². The predicted molar refractivity (Wildman–Crippen MR) is 158 cm³/mol. The Kier molecular flexibility index (Phi) is 5.31. The SMILES string of the molecule is BN(B)c1ccc(-c2ccc(N(B)B)c3c2C(=O)c2ccccc2C3=O)c2c1C(=O)c1ccccc1C2=O. The van der Waals surface area contributed by atoms with Gasteiger partial charge in [0.1, 0.15) is 0 Å². The van der Waals surface area contributed by atoms with Crippen LogP contribution in [0.4, 0.5) is 11.4 Å². The van der Waals surface area contributed by atoms with Gasteiger partial charge in [0.05, 0.1) is 11.1 Å². The molecule has 178 valence electrons. The Morgan fingerprint density at radius 2 is 0.658 bits per heavy atom. The molecule has 0 unspecified atom stereocenters. The molecule has 0 spiro atoms. The number of nitrogens with zero attached hydrogens (tertiary/aromatic N) is 2. The molecular weight excluding hydrogens is 472 g/mol. The first-order chi connectivity index (χ1) is 18.2. The number of rotatable bonds is 3. The highest BCUT2D eigenvalue weighted by Crippen LogP contribution is 2.44. The Morgan fingerprint density at radius 3 is 0.947 bits per heavy atom. The highest BCUT2D eigenvalue weighted by atomic mass is 16.1. The van der Waals surface area contributed by atoms with E-state index in [4.69, 9.17) is 0 Å². The fourth-order valence-corrected chi connectivity index (χ4v) is 5.61. The molecule has 6 nitrogen and oxygen atoms in total. The van der Waals surface area contributed by atoms with Crippen LogP contribution in [0.1, 0.15) is 63.7 Å². The number of carbonyl (C=O) groups excluding carboxylic acids is 4. The largest absolute Gasteiger partial charge is 0.472 e. The molecule has 4 aromatic rings. The van der Waals surface area contributed by atoms with Gasteiger partial charge >= 0.3 is 0 Å². The van der Waals surface area contributed by atoms with Gasteiger partial charge in [-0.1, -0.05) is 60.7 Å². The number of hydrogen-bond donors (Lipinski definition) is 0. The van der Waals surface area contributed by atoms with Gasteiger partial charge in [-0.3, -0.25) is 19.2 Å². The standard InChI is InChI=1S/C28H20B4N2O4/c29-33(30)19-11-9-13(21-23(19)27(37)17-7-3-1-5-15(17)25(21)35)14-10-12-20(34(31)32)24-22(14)26(36)16-6-2-4-8-18(16)28(24)38/h1-12H,29-32H2. The van der Waals surface area contributed by atoms with Gasteiger partial charge in [0.15, 0.2) is 23.1 Å². The van der Waals surface area contributed by atoms with Crippen molar-refractivity contribution in [2.24, 2.45) is 0 Å². The van der Waals surface area contributed by atoms with Crippen LogP contribution in [0.3, 0.4) is 0 Å². The molecule has 0 heterocycles. The van der Waals surface area contributed by atoms with Crippen molar-refractivity contribution in [3.8, 4) is 11.1 Å². The van der Waals surface area contributed by atoms with E-state index in [0.29, 0.717) is 55.9 Å². The monoisotopic (exact) mass is 492 g/mol. The minimum atomic E-state index is -0.283. The van der Waals surface area contributed by atoms with Crippen LogP contribution in [-0.4, -0.2) is 55.1 Å². The van der Waals surface area contributed by atoms with Crippen LogP contribution in [0.25, 0.3) is 11.1 Å². The molecule has 0 N–H and O–H groups in total. The fourth-order valence-electron chi connectivity index (χ4n) is 5.61. The van der Waals surface area contributed by atoms with Gasteiger partial charge in [-0.05, 0) is 23.3 Å². The lowest BCUT2D eigenvalue weighted by Gasteiger charge is -2.29. The van der Waals surface area contributed by atoms with E-state index in [2.05, 4.69) is 0 Å². The lowest BCUT2D eigenvalue weighted by Crippen LogP contribution is -2.28. The van der Waals surface area contributed by atoms with Gasteiger partial charge in [-0.2, -0.15) is 0 Å². The molecule has 6 rings (SSSR count). The molecule has 0 atom stereocenters. The second kappa shape index (κ2) is 8.48. The van der Waals surface area contributed by atoms with Crippen molar-refractivity contribution in [2.75, 3.05) is 9.44 Å². The lowest BCUT2D eigenvalue weighted by molar-refractivity contribution is 0.0978. The molecule has 0 bridgehead atoms. The van der Waals surface area contributed by atoms with Gasteiger partial charge in [-0.25, -0.2) is 0 Å². The molecule has 0 aliphatic heterocycles. The number of hydrogen-bond acceptors (Lipinski definition) is 6. The van der Waals surface area contributed by atoms with Crippen LogP contribution < -0.4 is 9.44 Å². The predicted octanol–water partition coefficient (Wildman–Crippen LogP) is 0.710. The van der Waals surface area contributed by atoms with Crippen LogP contribution in [0.15, 0.2) is 72.8 Å². The molecule has 0 fully saturated rings. The van der Waals surface area contributed by atoms with E-state index in [-0.39, 0.29) is 34.3 Å². The lowest BCUT2D eigenvalue weighted by atomic mass is 9.75. The van der Waals surface area contributed by atoms with E-state index in [1.165, 1.54) is 0 Å². The van der Waals surface area contributed by atoms with Gasteiger partial charge < -0.3 is 9.44 Å². The second-order valence-corrected chi connectivity index (χ2v) is 9.96. The summed E-state index contributed by atoms with van der Waals surface area (Å²) in [4.78, 5) is 55.5. The zero-order valence-electron chi connectivity index (χ0n) is 21.5. The van der Waals surface area contributed by atoms with Gasteiger partial charge in [0.2, 0.25) is 31.9 Å².